The second-order valence-corrected chi connectivity index (χ2v) is 8.02. The van der Waals surface area contributed by atoms with Gasteiger partial charge in [0.1, 0.15) is 11.4 Å². The second kappa shape index (κ2) is 7.13. The van der Waals surface area contributed by atoms with Crippen molar-refractivity contribution in [1.29, 1.82) is 0 Å². The van der Waals surface area contributed by atoms with Crippen LogP contribution in [0, 0.1) is 0 Å². The lowest BCUT2D eigenvalue weighted by molar-refractivity contribution is -0.129. The Bertz CT molecular complexity index is 928. The molecule has 3 heterocycles. The van der Waals surface area contributed by atoms with E-state index < -0.39 is 5.60 Å². The summed E-state index contributed by atoms with van der Waals surface area (Å²) in [5, 5.41) is 7.56. The van der Waals surface area contributed by atoms with Crippen molar-refractivity contribution in [3.8, 4) is 5.75 Å². The van der Waals surface area contributed by atoms with Crippen LogP contribution in [0.15, 0.2) is 30.5 Å². The standard InChI is InChI=1S/C20H23ClN4O3/c1-24-10-9-20(8-7-17(24)26)11-15(13-5-3-4-6-16(13)28-20)22-19(27)18-14(21)12-25(2)23-18/h3-6,12,15H,7-11H2,1-2H3,(H,22,27)/t15-,20-/m0/s1. The zero-order valence-electron chi connectivity index (χ0n) is 15.9. The molecule has 2 aliphatic rings. The Hall–Kier alpha value is -2.54. The molecular weight excluding hydrogens is 380 g/mol. The van der Waals surface area contributed by atoms with Gasteiger partial charge >= 0.3 is 0 Å². The highest BCUT2D eigenvalue weighted by molar-refractivity contribution is 6.33. The number of amides is 2. The summed E-state index contributed by atoms with van der Waals surface area (Å²) in [5.41, 5.74) is 0.649. The molecule has 0 aliphatic carbocycles. The summed E-state index contributed by atoms with van der Waals surface area (Å²) in [6.45, 7) is 0.633. The van der Waals surface area contributed by atoms with Crippen LogP contribution in [0.2, 0.25) is 5.02 Å². The molecule has 0 radical (unpaired) electrons. The molecule has 0 unspecified atom stereocenters. The van der Waals surface area contributed by atoms with Crippen LogP contribution in [0.4, 0.5) is 0 Å². The number of benzene rings is 1. The number of carbonyl (C=O) groups is 2. The third kappa shape index (κ3) is 3.46. The molecule has 7 nitrogen and oxygen atoms in total. The van der Waals surface area contributed by atoms with Gasteiger partial charge < -0.3 is 15.0 Å². The fourth-order valence-corrected chi connectivity index (χ4v) is 4.30. The summed E-state index contributed by atoms with van der Waals surface area (Å²) in [5.74, 6) is 0.563. The maximum Gasteiger partial charge on any atom is 0.273 e. The van der Waals surface area contributed by atoms with Gasteiger partial charge in [-0.25, -0.2) is 0 Å². The molecule has 8 heteroatoms. The summed E-state index contributed by atoms with van der Waals surface area (Å²) >= 11 is 6.14. The van der Waals surface area contributed by atoms with Gasteiger partial charge in [-0.1, -0.05) is 29.8 Å². The van der Waals surface area contributed by atoms with E-state index in [9.17, 15) is 9.59 Å². The molecule has 4 rings (SSSR count). The molecule has 1 saturated heterocycles. The Morgan fingerprint density at radius 2 is 2.11 bits per heavy atom. The molecule has 1 aromatic heterocycles. The number of hydrogen-bond donors (Lipinski definition) is 1. The number of halogens is 1. The maximum absolute atomic E-state index is 12.8. The third-order valence-corrected chi connectivity index (χ3v) is 5.90. The Kier molecular flexibility index (Phi) is 4.79. The highest BCUT2D eigenvalue weighted by atomic mass is 35.5. The predicted octanol–water partition coefficient (Wildman–Crippen LogP) is 2.71. The first-order valence-corrected chi connectivity index (χ1v) is 9.77. The van der Waals surface area contributed by atoms with Crippen molar-refractivity contribution in [2.75, 3.05) is 13.6 Å². The van der Waals surface area contributed by atoms with E-state index in [1.54, 1.807) is 18.1 Å². The summed E-state index contributed by atoms with van der Waals surface area (Å²) in [6.07, 6.45) is 3.98. The number of ether oxygens (including phenoxy) is 1. The van der Waals surface area contributed by atoms with Crippen LogP contribution in [-0.2, 0) is 11.8 Å². The number of likely N-dealkylation sites (tertiary alicyclic amines) is 1. The van der Waals surface area contributed by atoms with E-state index in [-0.39, 0.29) is 23.6 Å². The molecule has 1 spiro atoms. The molecule has 148 valence electrons. The topological polar surface area (TPSA) is 76.5 Å². The Balaban J connectivity index is 1.63. The van der Waals surface area contributed by atoms with Crippen LogP contribution < -0.4 is 10.1 Å². The largest absolute Gasteiger partial charge is 0.487 e. The third-order valence-electron chi connectivity index (χ3n) is 5.62. The molecular formula is C20H23ClN4O3. The fraction of sp³-hybridized carbons (Fsp3) is 0.450. The van der Waals surface area contributed by atoms with Gasteiger partial charge in [0, 0.05) is 51.7 Å². The zero-order valence-corrected chi connectivity index (χ0v) is 16.7. The maximum atomic E-state index is 12.8. The van der Waals surface area contributed by atoms with Crippen molar-refractivity contribution < 1.29 is 14.3 Å². The molecule has 2 aromatic rings. The number of hydrogen-bond acceptors (Lipinski definition) is 4. The first-order chi connectivity index (χ1) is 13.4. The van der Waals surface area contributed by atoms with Gasteiger partial charge in [-0.05, 0) is 12.5 Å². The predicted molar refractivity (Wildman–Crippen MR) is 104 cm³/mol. The second-order valence-electron chi connectivity index (χ2n) is 7.62. The number of aromatic nitrogens is 2. The van der Waals surface area contributed by atoms with Gasteiger partial charge in [-0.15, -0.1) is 0 Å². The molecule has 2 amide bonds. The number of nitrogens with zero attached hydrogens (tertiary/aromatic N) is 3. The van der Waals surface area contributed by atoms with E-state index in [4.69, 9.17) is 16.3 Å². The van der Waals surface area contributed by atoms with Crippen molar-refractivity contribution >= 4 is 23.4 Å². The highest BCUT2D eigenvalue weighted by Crippen LogP contribution is 2.44. The Morgan fingerprint density at radius 3 is 2.86 bits per heavy atom. The monoisotopic (exact) mass is 402 g/mol. The van der Waals surface area contributed by atoms with Crippen molar-refractivity contribution in [3.05, 3.63) is 46.7 Å². The molecule has 2 aliphatic heterocycles. The number of carbonyl (C=O) groups excluding carboxylic acids is 2. The van der Waals surface area contributed by atoms with Crippen LogP contribution in [0.1, 0.15) is 47.8 Å². The smallest absolute Gasteiger partial charge is 0.273 e. The minimum Gasteiger partial charge on any atom is -0.487 e. The Labute approximate surface area is 168 Å². The van der Waals surface area contributed by atoms with E-state index in [0.717, 1.165) is 17.7 Å². The van der Waals surface area contributed by atoms with Gasteiger partial charge in [0.05, 0.1) is 11.1 Å². The van der Waals surface area contributed by atoms with Crippen molar-refractivity contribution in [2.24, 2.45) is 7.05 Å². The normalized spacial score (nSPS) is 24.5. The lowest BCUT2D eigenvalue weighted by atomic mass is 9.82. The average molecular weight is 403 g/mol. The van der Waals surface area contributed by atoms with Crippen LogP contribution in [-0.4, -0.2) is 45.7 Å². The average Bonchev–Trinajstić information content (AvgIpc) is 2.96. The number of nitrogens with one attached hydrogen (secondary N) is 1. The number of para-hydroxylation sites is 1. The van der Waals surface area contributed by atoms with Crippen molar-refractivity contribution in [3.63, 3.8) is 0 Å². The lowest BCUT2D eigenvalue weighted by Gasteiger charge is -2.42. The summed E-state index contributed by atoms with van der Waals surface area (Å²) in [4.78, 5) is 26.7. The molecule has 2 atom stereocenters. The molecule has 0 bridgehead atoms. The molecule has 1 N–H and O–H groups in total. The van der Waals surface area contributed by atoms with Crippen LogP contribution in [0.25, 0.3) is 0 Å². The summed E-state index contributed by atoms with van der Waals surface area (Å²) in [6, 6.07) is 7.48. The first-order valence-electron chi connectivity index (χ1n) is 9.39. The number of aryl methyl sites for hydroxylation is 1. The van der Waals surface area contributed by atoms with Crippen molar-refractivity contribution in [2.45, 2.75) is 37.3 Å². The summed E-state index contributed by atoms with van der Waals surface area (Å²) in [7, 11) is 3.54. The van der Waals surface area contributed by atoms with Gasteiger partial charge in [0.15, 0.2) is 5.69 Å². The van der Waals surface area contributed by atoms with E-state index in [0.29, 0.717) is 30.8 Å². The fourth-order valence-electron chi connectivity index (χ4n) is 4.04. The Morgan fingerprint density at radius 1 is 1.32 bits per heavy atom. The van der Waals surface area contributed by atoms with E-state index >= 15 is 0 Å². The molecule has 0 saturated carbocycles. The van der Waals surface area contributed by atoms with Gasteiger partial charge in [0.25, 0.3) is 5.91 Å². The number of fused-ring (bicyclic) bond motifs is 1. The van der Waals surface area contributed by atoms with Gasteiger partial charge in [-0.2, -0.15) is 5.10 Å². The van der Waals surface area contributed by atoms with Gasteiger partial charge in [0.2, 0.25) is 5.91 Å². The van der Waals surface area contributed by atoms with E-state index in [1.807, 2.05) is 31.3 Å². The molecule has 28 heavy (non-hydrogen) atoms. The molecule has 1 fully saturated rings. The van der Waals surface area contributed by atoms with E-state index in [2.05, 4.69) is 10.4 Å². The zero-order chi connectivity index (χ0) is 19.9. The van der Waals surface area contributed by atoms with Gasteiger partial charge in [-0.3, -0.25) is 14.3 Å². The number of rotatable bonds is 2. The lowest BCUT2D eigenvalue weighted by Crippen LogP contribution is -2.46. The SMILES string of the molecule is CN1CC[C@@]2(CCC1=O)C[C@H](NC(=O)c1nn(C)cc1Cl)c1ccccc1O2. The van der Waals surface area contributed by atoms with Crippen LogP contribution in [0.5, 0.6) is 5.75 Å². The minimum absolute atomic E-state index is 0.125. The first kappa shape index (κ1) is 18.8. The molecule has 1 aromatic carbocycles. The van der Waals surface area contributed by atoms with Crippen molar-refractivity contribution in [1.82, 2.24) is 20.0 Å². The highest BCUT2D eigenvalue weighted by Gasteiger charge is 2.43. The summed E-state index contributed by atoms with van der Waals surface area (Å²) < 4.78 is 7.92. The van der Waals surface area contributed by atoms with Crippen LogP contribution >= 0.6 is 11.6 Å². The van der Waals surface area contributed by atoms with E-state index in [1.165, 1.54) is 4.68 Å². The van der Waals surface area contributed by atoms with Crippen LogP contribution in [0.3, 0.4) is 0 Å². The quantitative estimate of drug-likeness (QED) is 0.837. The minimum atomic E-state index is -0.485.